The first-order chi connectivity index (χ1) is 10.5. The summed E-state index contributed by atoms with van der Waals surface area (Å²) in [5.41, 5.74) is 2.55. The maximum atomic E-state index is 12.9. The van der Waals surface area contributed by atoms with E-state index in [1.165, 1.54) is 0 Å². The molecule has 0 radical (unpaired) electrons. The molecule has 112 valence electrons. The van der Waals surface area contributed by atoms with Crippen LogP contribution < -0.4 is 0 Å². The number of hydrogen-bond acceptors (Lipinski definition) is 3. The van der Waals surface area contributed by atoms with Gasteiger partial charge in [0, 0.05) is 11.8 Å². The average Bonchev–Trinajstić information content (AvgIpc) is 2.89. The number of rotatable bonds is 3. The number of aromatic nitrogens is 2. The Morgan fingerprint density at radius 2 is 1.95 bits per heavy atom. The molecule has 0 aliphatic heterocycles. The van der Waals surface area contributed by atoms with Gasteiger partial charge in [-0.3, -0.25) is 9.20 Å². The standard InChI is InChI=1S/C16H12Br2N2O2/c1-2-12-14(20-6-4-3-5-13(20)19-12)15(21)9-7-10(17)16(22)11(18)8-9/h3-8,22H,2H2,1H3. The van der Waals surface area contributed by atoms with Crippen LogP contribution in [-0.4, -0.2) is 20.3 Å². The van der Waals surface area contributed by atoms with Gasteiger partial charge >= 0.3 is 0 Å². The minimum absolute atomic E-state index is 0.0745. The van der Waals surface area contributed by atoms with Gasteiger partial charge in [0.15, 0.2) is 0 Å². The molecule has 1 N–H and O–H groups in total. The molecule has 3 rings (SSSR count). The van der Waals surface area contributed by atoms with E-state index in [0.29, 0.717) is 26.6 Å². The van der Waals surface area contributed by atoms with Crippen molar-refractivity contribution in [2.24, 2.45) is 0 Å². The highest BCUT2D eigenvalue weighted by Gasteiger charge is 2.21. The van der Waals surface area contributed by atoms with Gasteiger partial charge in [-0.15, -0.1) is 0 Å². The van der Waals surface area contributed by atoms with Crippen molar-refractivity contribution in [2.75, 3.05) is 0 Å². The van der Waals surface area contributed by atoms with Crippen LogP contribution in [0, 0.1) is 0 Å². The smallest absolute Gasteiger partial charge is 0.211 e. The third-order valence-electron chi connectivity index (χ3n) is 3.43. The normalized spacial score (nSPS) is 11.0. The van der Waals surface area contributed by atoms with Crippen molar-refractivity contribution < 1.29 is 9.90 Å². The number of fused-ring (bicyclic) bond motifs is 1. The van der Waals surface area contributed by atoms with Gasteiger partial charge < -0.3 is 5.11 Å². The Morgan fingerprint density at radius 3 is 2.59 bits per heavy atom. The number of halogens is 2. The first-order valence-electron chi connectivity index (χ1n) is 6.71. The van der Waals surface area contributed by atoms with E-state index in [-0.39, 0.29) is 11.5 Å². The van der Waals surface area contributed by atoms with Gasteiger partial charge in [0.25, 0.3) is 0 Å². The molecule has 0 aliphatic rings. The van der Waals surface area contributed by atoms with E-state index in [1.807, 2.05) is 31.3 Å². The van der Waals surface area contributed by atoms with Crippen molar-refractivity contribution in [2.45, 2.75) is 13.3 Å². The molecule has 3 aromatic rings. The fourth-order valence-corrected chi connectivity index (χ4v) is 3.55. The number of ketones is 1. The summed E-state index contributed by atoms with van der Waals surface area (Å²) < 4.78 is 2.74. The Bertz CT molecular complexity index is 864. The lowest BCUT2D eigenvalue weighted by molar-refractivity contribution is 0.103. The molecule has 0 aliphatic carbocycles. The van der Waals surface area contributed by atoms with Crippen molar-refractivity contribution >= 4 is 43.3 Å². The maximum Gasteiger partial charge on any atom is 0.211 e. The van der Waals surface area contributed by atoms with Crippen LogP contribution in [0.4, 0.5) is 0 Å². The quantitative estimate of drug-likeness (QED) is 0.636. The Hall–Kier alpha value is -1.66. The second-order valence-corrected chi connectivity index (χ2v) is 6.52. The van der Waals surface area contributed by atoms with Gasteiger partial charge in [-0.2, -0.15) is 0 Å². The van der Waals surface area contributed by atoms with E-state index < -0.39 is 0 Å². The SMILES string of the molecule is CCc1nc2ccccn2c1C(=O)c1cc(Br)c(O)c(Br)c1. The van der Waals surface area contributed by atoms with Crippen molar-refractivity contribution in [3.63, 3.8) is 0 Å². The number of pyridine rings is 1. The van der Waals surface area contributed by atoms with Crippen molar-refractivity contribution in [3.8, 4) is 5.75 Å². The number of carbonyl (C=O) groups is 1. The molecule has 0 atom stereocenters. The lowest BCUT2D eigenvalue weighted by Crippen LogP contribution is -2.08. The number of aryl methyl sites for hydroxylation is 1. The van der Waals surface area contributed by atoms with E-state index >= 15 is 0 Å². The first kappa shape index (κ1) is 15.2. The fraction of sp³-hybridized carbons (Fsp3) is 0.125. The first-order valence-corrected chi connectivity index (χ1v) is 8.30. The summed E-state index contributed by atoms with van der Waals surface area (Å²) >= 11 is 6.52. The number of imidazole rings is 1. The Morgan fingerprint density at radius 1 is 1.27 bits per heavy atom. The van der Waals surface area contributed by atoms with Gasteiger partial charge in [0.05, 0.1) is 14.6 Å². The second-order valence-electron chi connectivity index (χ2n) is 4.81. The summed E-state index contributed by atoms with van der Waals surface area (Å²) in [5, 5.41) is 9.79. The predicted molar refractivity (Wildman–Crippen MR) is 91.5 cm³/mol. The summed E-state index contributed by atoms with van der Waals surface area (Å²) in [7, 11) is 0. The molecule has 2 heterocycles. The maximum absolute atomic E-state index is 12.9. The molecule has 4 nitrogen and oxygen atoms in total. The van der Waals surface area contributed by atoms with Crippen LogP contribution in [0.15, 0.2) is 45.5 Å². The van der Waals surface area contributed by atoms with Crippen LogP contribution in [0.25, 0.3) is 5.65 Å². The number of aromatic hydroxyl groups is 1. The van der Waals surface area contributed by atoms with Gasteiger partial charge in [-0.25, -0.2) is 4.98 Å². The van der Waals surface area contributed by atoms with Crippen LogP contribution in [0.1, 0.15) is 28.7 Å². The third kappa shape index (κ3) is 2.46. The highest BCUT2D eigenvalue weighted by molar-refractivity contribution is 9.11. The Kier molecular flexibility index (Phi) is 4.06. The minimum Gasteiger partial charge on any atom is -0.506 e. The number of nitrogens with zero attached hydrogens (tertiary/aromatic N) is 2. The van der Waals surface area contributed by atoms with E-state index in [4.69, 9.17) is 0 Å². The summed E-state index contributed by atoms with van der Waals surface area (Å²) in [6.45, 7) is 1.97. The molecule has 6 heteroatoms. The third-order valence-corrected chi connectivity index (χ3v) is 4.64. The number of phenolic OH excluding ortho intramolecular Hbond substituents is 1. The van der Waals surface area contributed by atoms with Gasteiger partial charge in [-0.05, 0) is 62.5 Å². The molecule has 2 aromatic heterocycles. The van der Waals surface area contributed by atoms with Crippen molar-refractivity contribution in [1.29, 1.82) is 0 Å². The van der Waals surface area contributed by atoms with E-state index in [2.05, 4.69) is 36.8 Å². The molecule has 0 saturated carbocycles. The lowest BCUT2D eigenvalue weighted by Gasteiger charge is -2.07. The summed E-state index contributed by atoms with van der Waals surface area (Å²) in [5.74, 6) is -0.0534. The minimum atomic E-state index is -0.128. The second kappa shape index (κ2) is 5.85. The molecule has 0 bridgehead atoms. The molecule has 0 spiro atoms. The van der Waals surface area contributed by atoms with E-state index in [9.17, 15) is 9.90 Å². The lowest BCUT2D eigenvalue weighted by atomic mass is 10.1. The number of hydrogen-bond donors (Lipinski definition) is 1. The topological polar surface area (TPSA) is 54.6 Å². The highest BCUT2D eigenvalue weighted by Crippen LogP contribution is 2.34. The van der Waals surface area contributed by atoms with E-state index in [1.54, 1.807) is 16.5 Å². The van der Waals surface area contributed by atoms with Crippen LogP contribution in [0.2, 0.25) is 0 Å². The molecule has 0 fully saturated rings. The van der Waals surface area contributed by atoms with Crippen LogP contribution >= 0.6 is 31.9 Å². The molecule has 22 heavy (non-hydrogen) atoms. The largest absolute Gasteiger partial charge is 0.506 e. The number of carbonyl (C=O) groups excluding carboxylic acids is 1. The van der Waals surface area contributed by atoms with Gasteiger partial charge in [-0.1, -0.05) is 13.0 Å². The Balaban J connectivity index is 2.21. The molecule has 0 amide bonds. The average molecular weight is 424 g/mol. The fourth-order valence-electron chi connectivity index (χ4n) is 2.36. The van der Waals surface area contributed by atoms with Gasteiger partial charge in [0.1, 0.15) is 17.1 Å². The molecule has 0 saturated heterocycles. The van der Waals surface area contributed by atoms with Crippen molar-refractivity contribution in [3.05, 3.63) is 62.4 Å². The number of benzene rings is 1. The van der Waals surface area contributed by atoms with Gasteiger partial charge in [0.2, 0.25) is 5.78 Å². The van der Waals surface area contributed by atoms with E-state index in [0.717, 1.165) is 11.3 Å². The summed E-state index contributed by atoms with van der Waals surface area (Å²) in [4.78, 5) is 17.4. The monoisotopic (exact) mass is 422 g/mol. The van der Waals surface area contributed by atoms with Crippen LogP contribution in [0.5, 0.6) is 5.75 Å². The molecular formula is C16H12Br2N2O2. The highest BCUT2D eigenvalue weighted by atomic mass is 79.9. The van der Waals surface area contributed by atoms with Crippen LogP contribution in [-0.2, 0) is 6.42 Å². The van der Waals surface area contributed by atoms with Crippen molar-refractivity contribution in [1.82, 2.24) is 9.38 Å². The zero-order valence-corrected chi connectivity index (χ0v) is 14.8. The zero-order valence-electron chi connectivity index (χ0n) is 11.7. The Labute approximate surface area is 144 Å². The molecular weight excluding hydrogens is 412 g/mol. The summed E-state index contributed by atoms with van der Waals surface area (Å²) in [6.07, 6.45) is 2.50. The molecule has 0 unspecified atom stereocenters. The predicted octanol–water partition coefficient (Wildman–Crippen LogP) is 4.36. The number of phenols is 1. The van der Waals surface area contributed by atoms with Crippen LogP contribution in [0.3, 0.4) is 0 Å². The molecule has 1 aromatic carbocycles. The zero-order chi connectivity index (χ0) is 15.9. The summed E-state index contributed by atoms with van der Waals surface area (Å²) in [6, 6.07) is 8.87.